The standard InChI is InChI=1S/C12H16ClNO/c13-11-3-5-12(6-4-11)15-8-7-14-9-10-1-2-10/h3-6,10,14H,1-2,7-9H2. The second-order valence-corrected chi connectivity index (χ2v) is 4.39. The lowest BCUT2D eigenvalue weighted by atomic mass is 10.3. The molecular weight excluding hydrogens is 210 g/mol. The van der Waals surface area contributed by atoms with Crippen molar-refractivity contribution < 1.29 is 4.74 Å². The van der Waals surface area contributed by atoms with Crippen molar-refractivity contribution in [1.82, 2.24) is 5.32 Å². The van der Waals surface area contributed by atoms with Crippen LogP contribution in [0, 0.1) is 5.92 Å². The summed E-state index contributed by atoms with van der Waals surface area (Å²) in [5, 5.41) is 4.12. The van der Waals surface area contributed by atoms with Crippen LogP contribution >= 0.6 is 11.6 Å². The summed E-state index contributed by atoms with van der Waals surface area (Å²) in [7, 11) is 0. The highest BCUT2D eigenvalue weighted by atomic mass is 35.5. The second kappa shape index (κ2) is 5.38. The van der Waals surface area contributed by atoms with E-state index in [1.165, 1.54) is 12.8 Å². The Hall–Kier alpha value is -0.730. The molecule has 1 aliphatic rings. The first-order valence-electron chi connectivity index (χ1n) is 5.44. The summed E-state index contributed by atoms with van der Waals surface area (Å²) < 4.78 is 5.54. The van der Waals surface area contributed by atoms with Gasteiger partial charge in [0, 0.05) is 11.6 Å². The van der Waals surface area contributed by atoms with Crippen molar-refractivity contribution in [3.8, 4) is 5.75 Å². The summed E-state index contributed by atoms with van der Waals surface area (Å²) in [5.74, 6) is 1.81. The molecule has 0 atom stereocenters. The summed E-state index contributed by atoms with van der Waals surface area (Å²) in [6.45, 7) is 2.78. The van der Waals surface area contributed by atoms with Crippen LogP contribution in [0.4, 0.5) is 0 Å². The van der Waals surface area contributed by atoms with Gasteiger partial charge in [0.25, 0.3) is 0 Å². The Morgan fingerprint density at radius 2 is 2.00 bits per heavy atom. The van der Waals surface area contributed by atoms with Gasteiger partial charge in [-0.05, 0) is 49.6 Å². The third-order valence-electron chi connectivity index (χ3n) is 2.49. The van der Waals surface area contributed by atoms with Crippen molar-refractivity contribution in [3.63, 3.8) is 0 Å². The van der Waals surface area contributed by atoms with Gasteiger partial charge in [0.2, 0.25) is 0 Å². The Bertz CT molecular complexity index is 295. The van der Waals surface area contributed by atoms with Crippen LogP contribution in [0.25, 0.3) is 0 Å². The third kappa shape index (κ3) is 4.10. The maximum absolute atomic E-state index is 5.77. The van der Waals surface area contributed by atoms with Crippen LogP contribution in [0.5, 0.6) is 5.75 Å². The molecule has 1 fully saturated rings. The zero-order chi connectivity index (χ0) is 10.5. The van der Waals surface area contributed by atoms with E-state index in [-0.39, 0.29) is 0 Å². The highest BCUT2D eigenvalue weighted by molar-refractivity contribution is 6.30. The quantitative estimate of drug-likeness (QED) is 0.752. The Kier molecular flexibility index (Phi) is 3.87. The number of hydrogen-bond donors (Lipinski definition) is 1. The second-order valence-electron chi connectivity index (χ2n) is 3.95. The molecule has 1 aliphatic carbocycles. The van der Waals surface area contributed by atoms with Crippen molar-refractivity contribution in [3.05, 3.63) is 29.3 Å². The summed E-state index contributed by atoms with van der Waals surface area (Å²) in [6.07, 6.45) is 2.79. The minimum atomic E-state index is 0.717. The molecule has 1 aromatic rings. The topological polar surface area (TPSA) is 21.3 Å². The molecule has 0 amide bonds. The lowest BCUT2D eigenvalue weighted by Crippen LogP contribution is -2.23. The van der Waals surface area contributed by atoms with Gasteiger partial charge in [-0.2, -0.15) is 0 Å². The number of hydrogen-bond acceptors (Lipinski definition) is 2. The van der Waals surface area contributed by atoms with E-state index < -0.39 is 0 Å². The van der Waals surface area contributed by atoms with Crippen LogP contribution in [-0.4, -0.2) is 19.7 Å². The van der Waals surface area contributed by atoms with Gasteiger partial charge in [-0.25, -0.2) is 0 Å². The van der Waals surface area contributed by atoms with E-state index in [4.69, 9.17) is 16.3 Å². The first-order valence-corrected chi connectivity index (χ1v) is 5.81. The lowest BCUT2D eigenvalue weighted by molar-refractivity contribution is 0.313. The number of halogens is 1. The van der Waals surface area contributed by atoms with Gasteiger partial charge in [0.1, 0.15) is 12.4 Å². The first kappa shape index (κ1) is 10.8. The van der Waals surface area contributed by atoms with Crippen LogP contribution in [0.2, 0.25) is 5.02 Å². The summed E-state index contributed by atoms with van der Waals surface area (Å²) >= 11 is 5.77. The molecule has 0 saturated heterocycles. The van der Waals surface area contributed by atoms with Crippen molar-refractivity contribution in [2.75, 3.05) is 19.7 Å². The molecule has 0 radical (unpaired) electrons. The molecule has 82 valence electrons. The summed E-state index contributed by atoms with van der Waals surface area (Å²) in [6, 6.07) is 7.47. The third-order valence-corrected chi connectivity index (χ3v) is 2.74. The van der Waals surface area contributed by atoms with Crippen molar-refractivity contribution in [1.29, 1.82) is 0 Å². The molecular formula is C12H16ClNO. The monoisotopic (exact) mass is 225 g/mol. The maximum Gasteiger partial charge on any atom is 0.119 e. The van der Waals surface area contributed by atoms with Crippen LogP contribution in [0.3, 0.4) is 0 Å². The molecule has 1 aromatic carbocycles. The van der Waals surface area contributed by atoms with Crippen molar-refractivity contribution in [2.24, 2.45) is 5.92 Å². The molecule has 15 heavy (non-hydrogen) atoms. The van der Waals surface area contributed by atoms with E-state index in [0.29, 0.717) is 6.61 Å². The normalized spacial score (nSPS) is 15.3. The Morgan fingerprint density at radius 3 is 2.67 bits per heavy atom. The predicted octanol–water partition coefficient (Wildman–Crippen LogP) is 2.72. The fraction of sp³-hybridized carbons (Fsp3) is 0.500. The molecule has 0 bridgehead atoms. The first-order chi connectivity index (χ1) is 7.34. The largest absolute Gasteiger partial charge is 0.492 e. The van der Waals surface area contributed by atoms with E-state index in [2.05, 4.69) is 5.32 Å². The van der Waals surface area contributed by atoms with E-state index in [0.717, 1.165) is 29.8 Å². The van der Waals surface area contributed by atoms with Crippen molar-refractivity contribution >= 4 is 11.6 Å². The molecule has 0 spiro atoms. The average Bonchev–Trinajstić information content (AvgIpc) is 3.04. The smallest absolute Gasteiger partial charge is 0.119 e. The Balaban J connectivity index is 1.58. The van der Waals surface area contributed by atoms with Gasteiger partial charge in [0.15, 0.2) is 0 Å². The van der Waals surface area contributed by atoms with Gasteiger partial charge in [0.05, 0.1) is 0 Å². The molecule has 1 saturated carbocycles. The highest BCUT2D eigenvalue weighted by Gasteiger charge is 2.19. The van der Waals surface area contributed by atoms with Gasteiger partial charge < -0.3 is 10.1 Å². The molecule has 0 heterocycles. The van der Waals surface area contributed by atoms with Crippen LogP contribution < -0.4 is 10.1 Å². The van der Waals surface area contributed by atoms with Crippen LogP contribution in [-0.2, 0) is 0 Å². The molecule has 2 rings (SSSR count). The van der Waals surface area contributed by atoms with Crippen LogP contribution in [0.1, 0.15) is 12.8 Å². The van der Waals surface area contributed by atoms with Gasteiger partial charge >= 0.3 is 0 Å². The number of rotatable bonds is 6. The predicted molar refractivity (Wildman–Crippen MR) is 62.5 cm³/mol. The summed E-state index contributed by atoms with van der Waals surface area (Å²) in [5.41, 5.74) is 0. The van der Waals surface area contributed by atoms with Crippen LogP contribution in [0.15, 0.2) is 24.3 Å². The number of ether oxygens (including phenoxy) is 1. The SMILES string of the molecule is Clc1ccc(OCCNCC2CC2)cc1. The minimum absolute atomic E-state index is 0.717. The van der Waals surface area contributed by atoms with Gasteiger partial charge in [-0.3, -0.25) is 0 Å². The zero-order valence-electron chi connectivity index (χ0n) is 8.71. The average molecular weight is 226 g/mol. The highest BCUT2D eigenvalue weighted by Crippen LogP contribution is 2.27. The van der Waals surface area contributed by atoms with E-state index in [9.17, 15) is 0 Å². The Morgan fingerprint density at radius 1 is 1.27 bits per heavy atom. The van der Waals surface area contributed by atoms with E-state index in [1.807, 2.05) is 24.3 Å². The molecule has 0 aliphatic heterocycles. The molecule has 1 N–H and O–H groups in total. The van der Waals surface area contributed by atoms with E-state index >= 15 is 0 Å². The molecule has 3 heteroatoms. The zero-order valence-corrected chi connectivity index (χ0v) is 9.46. The Labute approximate surface area is 95.6 Å². The molecule has 0 aromatic heterocycles. The fourth-order valence-electron chi connectivity index (χ4n) is 1.40. The van der Waals surface area contributed by atoms with Crippen molar-refractivity contribution in [2.45, 2.75) is 12.8 Å². The summed E-state index contributed by atoms with van der Waals surface area (Å²) in [4.78, 5) is 0. The number of benzene rings is 1. The van der Waals surface area contributed by atoms with Gasteiger partial charge in [-0.1, -0.05) is 11.6 Å². The molecule has 2 nitrogen and oxygen atoms in total. The van der Waals surface area contributed by atoms with Gasteiger partial charge in [-0.15, -0.1) is 0 Å². The maximum atomic E-state index is 5.77. The molecule has 0 unspecified atom stereocenters. The minimum Gasteiger partial charge on any atom is -0.492 e. The number of nitrogens with one attached hydrogen (secondary N) is 1. The fourth-order valence-corrected chi connectivity index (χ4v) is 1.53. The lowest BCUT2D eigenvalue weighted by Gasteiger charge is -2.06. The van der Waals surface area contributed by atoms with E-state index in [1.54, 1.807) is 0 Å².